The summed E-state index contributed by atoms with van der Waals surface area (Å²) in [6.45, 7) is 2.62. The average Bonchev–Trinajstić information content (AvgIpc) is 2.96. The summed E-state index contributed by atoms with van der Waals surface area (Å²) in [5.41, 5.74) is 2.87. The Labute approximate surface area is 113 Å². The van der Waals surface area contributed by atoms with E-state index in [0.29, 0.717) is 12.1 Å². The fourth-order valence-electron chi connectivity index (χ4n) is 1.94. The Kier molecular flexibility index (Phi) is 2.79. The number of carboxylic acids is 1. The maximum atomic E-state index is 10.9. The third-order valence-electron chi connectivity index (χ3n) is 2.84. The second kappa shape index (κ2) is 4.47. The summed E-state index contributed by atoms with van der Waals surface area (Å²) in [7, 11) is 0. The Hall–Kier alpha value is -2.21. The van der Waals surface area contributed by atoms with E-state index in [2.05, 4.69) is 9.97 Å². The van der Waals surface area contributed by atoms with E-state index in [1.807, 2.05) is 16.9 Å². The summed E-state index contributed by atoms with van der Waals surface area (Å²) >= 11 is 1.61. The van der Waals surface area contributed by atoms with E-state index in [1.165, 1.54) is 0 Å². The molecule has 3 rings (SSSR count). The SMILES string of the molecule is Cc1csc(Cn2cnc3cc(C(=O)O)ccc32)n1. The number of thiazole rings is 1. The molecule has 6 heteroatoms. The summed E-state index contributed by atoms with van der Waals surface area (Å²) in [5.74, 6) is -0.938. The topological polar surface area (TPSA) is 68.0 Å². The number of fused-ring (bicyclic) bond motifs is 1. The van der Waals surface area contributed by atoms with Crippen LogP contribution in [0.15, 0.2) is 29.9 Å². The van der Waals surface area contributed by atoms with E-state index in [4.69, 9.17) is 5.11 Å². The molecule has 3 aromatic rings. The van der Waals surface area contributed by atoms with E-state index < -0.39 is 5.97 Å². The Morgan fingerprint density at radius 3 is 3.00 bits per heavy atom. The fourth-order valence-corrected chi connectivity index (χ4v) is 2.71. The predicted octanol–water partition coefficient (Wildman–Crippen LogP) is 2.55. The van der Waals surface area contributed by atoms with Crippen molar-refractivity contribution in [1.82, 2.24) is 14.5 Å². The van der Waals surface area contributed by atoms with Crippen molar-refractivity contribution >= 4 is 28.3 Å². The van der Waals surface area contributed by atoms with Gasteiger partial charge < -0.3 is 9.67 Å². The predicted molar refractivity (Wildman–Crippen MR) is 72.6 cm³/mol. The maximum Gasteiger partial charge on any atom is 0.335 e. The van der Waals surface area contributed by atoms with Crippen molar-refractivity contribution in [3.8, 4) is 0 Å². The van der Waals surface area contributed by atoms with Crippen LogP contribution < -0.4 is 0 Å². The molecule has 0 aliphatic carbocycles. The lowest BCUT2D eigenvalue weighted by molar-refractivity contribution is 0.0697. The summed E-state index contributed by atoms with van der Waals surface area (Å²) in [6.07, 6.45) is 1.72. The van der Waals surface area contributed by atoms with E-state index in [0.717, 1.165) is 16.2 Å². The molecule has 0 amide bonds. The number of nitrogens with zero attached hydrogens (tertiary/aromatic N) is 3. The van der Waals surface area contributed by atoms with Crippen LogP contribution in [0.3, 0.4) is 0 Å². The van der Waals surface area contributed by atoms with E-state index in [1.54, 1.807) is 35.9 Å². The Morgan fingerprint density at radius 1 is 1.47 bits per heavy atom. The number of carbonyl (C=O) groups is 1. The van der Waals surface area contributed by atoms with Gasteiger partial charge in [-0.2, -0.15) is 0 Å². The van der Waals surface area contributed by atoms with Gasteiger partial charge in [0.1, 0.15) is 5.01 Å². The number of hydrogen-bond acceptors (Lipinski definition) is 4. The van der Waals surface area contributed by atoms with Gasteiger partial charge in [-0.1, -0.05) is 0 Å². The number of hydrogen-bond donors (Lipinski definition) is 1. The van der Waals surface area contributed by atoms with Crippen LogP contribution in [-0.2, 0) is 6.54 Å². The van der Waals surface area contributed by atoms with E-state index in [-0.39, 0.29) is 5.56 Å². The zero-order valence-electron chi connectivity index (χ0n) is 10.2. The van der Waals surface area contributed by atoms with Crippen molar-refractivity contribution < 1.29 is 9.90 Å². The first-order valence-electron chi connectivity index (χ1n) is 5.72. The molecule has 19 heavy (non-hydrogen) atoms. The van der Waals surface area contributed by atoms with Crippen molar-refractivity contribution in [2.24, 2.45) is 0 Å². The minimum absolute atomic E-state index is 0.253. The van der Waals surface area contributed by atoms with Crippen LogP contribution in [0.4, 0.5) is 0 Å². The number of aromatic carboxylic acids is 1. The smallest absolute Gasteiger partial charge is 0.335 e. The summed E-state index contributed by atoms with van der Waals surface area (Å²) in [4.78, 5) is 19.6. The molecule has 0 unspecified atom stereocenters. The van der Waals surface area contributed by atoms with E-state index >= 15 is 0 Å². The third-order valence-corrected chi connectivity index (χ3v) is 3.79. The molecular formula is C13H11N3O2S. The lowest BCUT2D eigenvalue weighted by Gasteiger charge is -2.01. The minimum atomic E-state index is -0.938. The summed E-state index contributed by atoms with van der Waals surface area (Å²) < 4.78 is 1.97. The van der Waals surface area contributed by atoms with Crippen LogP contribution in [0, 0.1) is 6.92 Å². The Balaban J connectivity index is 1.99. The van der Waals surface area contributed by atoms with Crippen molar-refractivity contribution in [3.63, 3.8) is 0 Å². The molecule has 2 aromatic heterocycles. The van der Waals surface area contributed by atoms with Gasteiger partial charge in [0.25, 0.3) is 0 Å². The standard InChI is InChI=1S/C13H11N3O2S/c1-8-6-19-12(15-8)5-16-7-14-10-4-9(13(17)18)2-3-11(10)16/h2-4,6-7H,5H2,1H3,(H,17,18). The zero-order chi connectivity index (χ0) is 13.4. The van der Waals surface area contributed by atoms with Crippen molar-refractivity contribution in [2.45, 2.75) is 13.5 Å². The zero-order valence-corrected chi connectivity index (χ0v) is 11.0. The molecule has 5 nitrogen and oxygen atoms in total. The monoisotopic (exact) mass is 273 g/mol. The summed E-state index contributed by atoms with van der Waals surface area (Å²) in [6, 6.07) is 4.96. The van der Waals surface area contributed by atoms with Crippen molar-refractivity contribution in [1.29, 1.82) is 0 Å². The van der Waals surface area contributed by atoms with Gasteiger partial charge in [-0.15, -0.1) is 11.3 Å². The van der Waals surface area contributed by atoms with Gasteiger partial charge in [0.2, 0.25) is 0 Å². The van der Waals surface area contributed by atoms with Gasteiger partial charge in [-0.3, -0.25) is 0 Å². The normalized spacial score (nSPS) is 11.0. The van der Waals surface area contributed by atoms with Crippen LogP contribution in [-0.4, -0.2) is 25.6 Å². The number of benzene rings is 1. The highest BCUT2D eigenvalue weighted by Crippen LogP contribution is 2.18. The van der Waals surface area contributed by atoms with Gasteiger partial charge >= 0.3 is 5.97 Å². The third kappa shape index (κ3) is 2.22. The molecule has 96 valence electrons. The molecule has 0 saturated heterocycles. The largest absolute Gasteiger partial charge is 0.478 e. The highest BCUT2D eigenvalue weighted by Gasteiger charge is 2.09. The Morgan fingerprint density at radius 2 is 2.32 bits per heavy atom. The number of aryl methyl sites for hydroxylation is 1. The van der Waals surface area contributed by atoms with Crippen molar-refractivity contribution in [3.05, 3.63) is 46.2 Å². The van der Waals surface area contributed by atoms with E-state index in [9.17, 15) is 4.79 Å². The van der Waals surface area contributed by atoms with Crippen LogP contribution in [0.25, 0.3) is 11.0 Å². The molecule has 0 aliphatic rings. The first-order valence-corrected chi connectivity index (χ1v) is 6.60. The molecular weight excluding hydrogens is 262 g/mol. The van der Waals surface area contributed by atoms with Crippen LogP contribution in [0.1, 0.15) is 21.1 Å². The lowest BCUT2D eigenvalue weighted by atomic mass is 10.2. The highest BCUT2D eigenvalue weighted by atomic mass is 32.1. The molecule has 0 spiro atoms. The molecule has 1 N–H and O–H groups in total. The molecule has 0 saturated carbocycles. The second-order valence-corrected chi connectivity index (χ2v) is 5.21. The molecule has 0 fully saturated rings. The van der Waals surface area contributed by atoms with Crippen LogP contribution in [0.5, 0.6) is 0 Å². The van der Waals surface area contributed by atoms with Gasteiger partial charge in [0, 0.05) is 11.1 Å². The van der Waals surface area contributed by atoms with Gasteiger partial charge in [0.05, 0.1) is 29.5 Å². The quantitative estimate of drug-likeness (QED) is 0.796. The molecule has 1 aromatic carbocycles. The van der Waals surface area contributed by atoms with Gasteiger partial charge in [-0.05, 0) is 25.1 Å². The number of aromatic nitrogens is 3. The maximum absolute atomic E-state index is 10.9. The number of carboxylic acid groups (broad SMARTS) is 1. The molecule has 0 atom stereocenters. The first-order chi connectivity index (χ1) is 9.13. The number of rotatable bonds is 3. The summed E-state index contributed by atoms with van der Waals surface area (Å²) in [5, 5.41) is 12.0. The highest BCUT2D eigenvalue weighted by molar-refractivity contribution is 7.09. The van der Waals surface area contributed by atoms with Crippen LogP contribution in [0.2, 0.25) is 0 Å². The Bertz CT molecular complexity index is 760. The molecule has 2 heterocycles. The van der Waals surface area contributed by atoms with Crippen LogP contribution >= 0.6 is 11.3 Å². The molecule has 0 radical (unpaired) electrons. The van der Waals surface area contributed by atoms with Crippen molar-refractivity contribution in [2.75, 3.05) is 0 Å². The molecule has 0 bridgehead atoms. The minimum Gasteiger partial charge on any atom is -0.478 e. The fraction of sp³-hybridized carbons (Fsp3) is 0.154. The van der Waals surface area contributed by atoms with Gasteiger partial charge in [0.15, 0.2) is 0 Å². The first kappa shape index (κ1) is 11.9. The number of imidazole rings is 1. The molecule has 0 aliphatic heterocycles. The van der Waals surface area contributed by atoms with Gasteiger partial charge in [-0.25, -0.2) is 14.8 Å². The second-order valence-electron chi connectivity index (χ2n) is 4.26. The lowest BCUT2D eigenvalue weighted by Crippen LogP contribution is -1.99. The average molecular weight is 273 g/mol.